The van der Waals surface area contributed by atoms with Crippen molar-refractivity contribution in [2.45, 2.75) is 6.92 Å². The number of carbonyl (C=O) groups excluding carboxylic acids is 2. The summed E-state index contributed by atoms with van der Waals surface area (Å²) in [5.41, 5.74) is 0. The van der Waals surface area contributed by atoms with E-state index in [9.17, 15) is 9.59 Å². The molecule has 0 fully saturated rings. The Labute approximate surface area is 61.8 Å². The molecule has 51 valence electrons. The van der Waals surface area contributed by atoms with Gasteiger partial charge in [-0.1, -0.05) is 0 Å². The Bertz CT molecular complexity index is 99.1. The summed E-state index contributed by atoms with van der Waals surface area (Å²) in [5.74, 6) is -1.44. The quantitative estimate of drug-likeness (QED) is 0.285. The van der Waals surface area contributed by atoms with Gasteiger partial charge in [0, 0.05) is 6.92 Å². The predicted molar refractivity (Wildman–Crippen MR) is 22.8 cm³/mol. The second kappa shape index (κ2) is 7.39. The molecule has 0 aromatic carbocycles. The summed E-state index contributed by atoms with van der Waals surface area (Å²) in [7, 11) is 0. The molecule has 5 heteroatoms. The van der Waals surface area contributed by atoms with Gasteiger partial charge in [0.2, 0.25) is 0 Å². The first-order chi connectivity index (χ1) is 4.13. The summed E-state index contributed by atoms with van der Waals surface area (Å²) in [4.78, 5) is 19.5. The molecule has 0 heterocycles. The van der Waals surface area contributed by atoms with Crippen LogP contribution in [0.4, 0.5) is 0 Å². The van der Waals surface area contributed by atoms with Crippen molar-refractivity contribution in [1.29, 1.82) is 0 Å². The number of esters is 2. The molecule has 0 aliphatic rings. The van der Waals surface area contributed by atoms with E-state index in [0.717, 1.165) is 24.3 Å². The first-order valence-electron chi connectivity index (χ1n) is 1.85. The second-order valence-corrected chi connectivity index (χ2v) is 0.966. The predicted octanol–water partition coefficient (Wildman–Crippen LogP) is -0.211. The minimum atomic E-state index is -0.813. The van der Waals surface area contributed by atoms with Crippen LogP contribution >= 0.6 is 0 Å². The van der Waals surface area contributed by atoms with Gasteiger partial charge in [0.05, 0.1) is 0 Å². The van der Waals surface area contributed by atoms with E-state index < -0.39 is 11.9 Å². The number of hydrogen-bond donors (Lipinski definition) is 0. The average Bonchev–Trinajstić information content (AvgIpc) is 1.68. The van der Waals surface area contributed by atoms with Crippen LogP contribution in [0.1, 0.15) is 6.92 Å². The number of hydrogen-bond acceptors (Lipinski definition) is 4. The molecule has 0 unspecified atom stereocenters. The van der Waals surface area contributed by atoms with Crippen molar-refractivity contribution in [2.75, 3.05) is 0 Å². The standard InChI is InChI=1S/C4H5O3.O.V/c1-3(5)7-4(2)6;;/h1H2,2H3;;/q-1;;. The van der Waals surface area contributed by atoms with E-state index in [-0.39, 0.29) is 0 Å². The van der Waals surface area contributed by atoms with Crippen molar-refractivity contribution >= 4 is 11.9 Å². The van der Waals surface area contributed by atoms with Crippen molar-refractivity contribution < 1.29 is 35.4 Å². The molecule has 0 rings (SSSR count). The Hall–Kier alpha value is -0.606. The Balaban J connectivity index is 0. The summed E-state index contributed by atoms with van der Waals surface area (Å²) in [6.45, 7) is 3.94. The van der Waals surface area contributed by atoms with E-state index in [4.69, 9.17) is 3.67 Å². The van der Waals surface area contributed by atoms with Gasteiger partial charge in [-0.2, -0.15) is 0 Å². The van der Waals surface area contributed by atoms with Crippen molar-refractivity contribution in [1.82, 2.24) is 0 Å². The van der Waals surface area contributed by atoms with Gasteiger partial charge in [0.15, 0.2) is 5.97 Å². The maximum absolute atomic E-state index is 9.77. The Morgan fingerprint density at radius 1 is 1.44 bits per heavy atom. The molecule has 0 bridgehead atoms. The summed E-state index contributed by atoms with van der Waals surface area (Å²) in [6, 6.07) is 0. The third kappa shape index (κ3) is 18.7. The van der Waals surface area contributed by atoms with Crippen molar-refractivity contribution in [3.63, 3.8) is 0 Å². The van der Waals surface area contributed by atoms with Gasteiger partial charge in [0.1, 0.15) is 0 Å². The summed E-state index contributed by atoms with van der Waals surface area (Å²) in [5, 5.41) is 0. The van der Waals surface area contributed by atoms with Crippen molar-refractivity contribution in [2.24, 2.45) is 0 Å². The maximum atomic E-state index is 9.77. The topological polar surface area (TPSA) is 60.4 Å². The van der Waals surface area contributed by atoms with Crippen LogP contribution in [0.5, 0.6) is 0 Å². The SMILES string of the molecule is [CH2-]C(=O)OC(C)=O.[O]=[V]. The number of rotatable bonds is 0. The Kier molecular flexibility index (Phi) is 9.22. The average molecular weight is 168 g/mol. The van der Waals surface area contributed by atoms with Crippen LogP contribution in [0.2, 0.25) is 0 Å². The molecule has 0 aromatic heterocycles. The third-order valence-electron chi connectivity index (χ3n) is 0.258. The van der Waals surface area contributed by atoms with Crippen LogP contribution in [0.15, 0.2) is 0 Å². The molecule has 0 aliphatic heterocycles. The molecule has 0 N–H and O–H groups in total. The van der Waals surface area contributed by atoms with Gasteiger partial charge in [-0.25, -0.2) is 0 Å². The van der Waals surface area contributed by atoms with Gasteiger partial charge in [-0.05, 0) is 0 Å². The van der Waals surface area contributed by atoms with Crippen LogP contribution in [-0.4, -0.2) is 11.9 Å². The zero-order valence-electron chi connectivity index (χ0n) is 4.79. The molecule has 4 nitrogen and oxygen atoms in total. The van der Waals surface area contributed by atoms with Gasteiger partial charge in [-0.3, -0.25) is 16.5 Å². The van der Waals surface area contributed by atoms with Gasteiger partial charge in [-0.15, -0.1) is 0 Å². The molecule has 0 aliphatic carbocycles. The normalized spacial score (nSPS) is 6.22. The fourth-order valence-corrected chi connectivity index (χ4v) is 0.160. The molecule has 0 amide bonds. The van der Waals surface area contributed by atoms with E-state index in [2.05, 4.69) is 11.7 Å². The Morgan fingerprint density at radius 3 is 1.78 bits per heavy atom. The van der Waals surface area contributed by atoms with Crippen molar-refractivity contribution in [3.8, 4) is 0 Å². The first kappa shape index (κ1) is 11.2. The van der Waals surface area contributed by atoms with Crippen LogP contribution < -0.4 is 0 Å². The van der Waals surface area contributed by atoms with Crippen LogP contribution in [-0.2, 0) is 35.4 Å². The third-order valence-corrected chi connectivity index (χ3v) is 0.258. The van der Waals surface area contributed by atoms with E-state index in [1.807, 2.05) is 0 Å². The Morgan fingerprint density at radius 2 is 1.78 bits per heavy atom. The number of ether oxygens (including phenoxy) is 1. The molecule has 0 saturated heterocycles. The monoisotopic (exact) mass is 168 g/mol. The molecule has 9 heavy (non-hydrogen) atoms. The van der Waals surface area contributed by atoms with E-state index >= 15 is 0 Å². The summed E-state index contributed by atoms with van der Waals surface area (Å²) >= 11 is 1.06. The van der Waals surface area contributed by atoms with Crippen LogP contribution in [0, 0.1) is 6.92 Å². The van der Waals surface area contributed by atoms with E-state index in [0.29, 0.717) is 0 Å². The van der Waals surface area contributed by atoms with E-state index in [1.54, 1.807) is 0 Å². The fraction of sp³-hybridized carbons (Fsp3) is 0.250. The van der Waals surface area contributed by atoms with Gasteiger partial charge >= 0.3 is 27.0 Å². The molecule has 0 saturated carbocycles. The summed E-state index contributed by atoms with van der Waals surface area (Å²) in [6.07, 6.45) is 0. The molecular formula is C4H5O4V-. The van der Waals surface area contributed by atoms with E-state index in [1.165, 1.54) is 0 Å². The van der Waals surface area contributed by atoms with Gasteiger partial charge < -0.3 is 4.74 Å². The zero-order chi connectivity index (χ0) is 7.86. The second-order valence-electron chi connectivity index (χ2n) is 0.966. The van der Waals surface area contributed by atoms with Gasteiger partial charge in [0.25, 0.3) is 0 Å². The fourth-order valence-electron chi connectivity index (χ4n) is 0.160. The van der Waals surface area contributed by atoms with Crippen LogP contribution in [0.3, 0.4) is 0 Å². The molecule has 0 aromatic rings. The molecule has 0 radical (unpaired) electrons. The number of carbonyl (C=O) groups is 2. The molecular weight excluding hydrogens is 163 g/mol. The molecule has 0 spiro atoms. The van der Waals surface area contributed by atoms with Crippen LogP contribution in [0.25, 0.3) is 0 Å². The molecule has 0 atom stereocenters. The summed E-state index contributed by atoms with van der Waals surface area (Å²) < 4.78 is 12.0. The zero-order valence-corrected chi connectivity index (χ0v) is 6.18. The minimum absolute atomic E-state index is 0.625. The van der Waals surface area contributed by atoms with Crippen molar-refractivity contribution in [3.05, 3.63) is 6.92 Å². The first-order valence-corrected chi connectivity index (χ1v) is 2.42.